The lowest BCUT2D eigenvalue weighted by Gasteiger charge is -2.02. The number of hydrogen-bond acceptors (Lipinski definition) is 4. The van der Waals surface area contributed by atoms with E-state index in [0.29, 0.717) is 0 Å². The number of nitriles is 1. The van der Waals surface area contributed by atoms with Gasteiger partial charge in [0.1, 0.15) is 6.61 Å². The Bertz CT molecular complexity index is 192. The van der Waals surface area contributed by atoms with Gasteiger partial charge in [0.25, 0.3) is 0 Å². The molecule has 60 valence electrons. The zero-order chi connectivity index (χ0) is 8.69. The fourth-order valence-electron chi connectivity index (χ4n) is 0.353. The molecule has 0 N–H and O–H groups in total. The Morgan fingerprint density at radius 1 is 1.73 bits per heavy atom. The molecule has 0 aromatic heterocycles. The van der Waals surface area contributed by atoms with Crippen LogP contribution in [0.1, 0.15) is 6.42 Å². The number of hydrogen-bond donors (Lipinski definition) is 0. The van der Waals surface area contributed by atoms with Crippen molar-refractivity contribution in [2.24, 2.45) is 0 Å². The van der Waals surface area contributed by atoms with E-state index in [2.05, 4.69) is 16.1 Å². The highest BCUT2D eigenvalue weighted by molar-refractivity contribution is 5.85. The summed E-state index contributed by atoms with van der Waals surface area (Å²) in [4.78, 5) is 10.7. The number of nitrogens with zero attached hydrogens (tertiary/aromatic N) is 1. The van der Waals surface area contributed by atoms with Crippen LogP contribution in [0, 0.1) is 11.3 Å². The second kappa shape index (κ2) is 5.30. The molecule has 0 spiro atoms. The predicted molar refractivity (Wildman–Crippen MR) is 37.3 cm³/mol. The van der Waals surface area contributed by atoms with Gasteiger partial charge in [-0.1, -0.05) is 0 Å². The minimum absolute atomic E-state index is 0.0528. The number of methoxy groups -OCH3 is 1. The molecule has 0 saturated carbocycles. The number of ether oxygens (including phenoxy) is 2. The van der Waals surface area contributed by atoms with Crippen molar-refractivity contribution in [1.82, 2.24) is 0 Å². The molecular formula is C7H9NO3. The SMILES string of the molecule is C=C(OC)C(=O)OCCC#N. The molecule has 0 aromatic carbocycles. The van der Waals surface area contributed by atoms with Gasteiger partial charge >= 0.3 is 5.97 Å². The summed E-state index contributed by atoms with van der Waals surface area (Å²) in [6.45, 7) is 3.35. The van der Waals surface area contributed by atoms with Crippen molar-refractivity contribution < 1.29 is 14.3 Å². The lowest BCUT2D eigenvalue weighted by Crippen LogP contribution is -2.08. The summed E-state index contributed by atoms with van der Waals surface area (Å²) in [7, 11) is 1.33. The topological polar surface area (TPSA) is 59.3 Å². The van der Waals surface area contributed by atoms with Crippen LogP contribution in [0.25, 0.3) is 0 Å². The molecule has 0 atom stereocenters. The lowest BCUT2D eigenvalue weighted by atomic mass is 10.5. The zero-order valence-electron chi connectivity index (χ0n) is 6.29. The van der Waals surface area contributed by atoms with Crippen LogP contribution < -0.4 is 0 Å². The highest BCUT2D eigenvalue weighted by Gasteiger charge is 2.06. The van der Waals surface area contributed by atoms with E-state index in [1.54, 1.807) is 0 Å². The van der Waals surface area contributed by atoms with Gasteiger partial charge in [-0.05, 0) is 6.58 Å². The third-order valence-corrected chi connectivity index (χ3v) is 0.921. The van der Waals surface area contributed by atoms with E-state index in [1.165, 1.54) is 7.11 Å². The molecule has 0 saturated heterocycles. The molecule has 0 aliphatic carbocycles. The molecule has 4 nitrogen and oxygen atoms in total. The van der Waals surface area contributed by atoms with Gasteiger partial charge in [-0.2, -0.15) is 5.26 Å². The first-order chi connectivity index (χ1) is 5.22. The Hall–Kier alpha value is -1.50. The van der Waals surface area contributed by atoms with Crippen LogP contribution in [0.15, 0.2) is 12.3 Å². The van der Waals surface area contributed by atoms with Crippen molar-refractivity contribution in [2.75, 3.05) is 13.7 Å². The van der Waals surface area contributed by atoms with E-state index >= 15 is 0 Å². The highest BCUT2D eigenvalue weighted by atomic mass is 16.6. The van der Waals surface area contributed by atoms with Crippen LogP contribution in [0.4, 0.5) is 0 Å². The predicted octanol–water partition coefficient (Wildman–Crippen LogP) is 0.603. The summed E-state index contributed by atoms with van der Waals surface area (Å²) in [6.07, 6.45) is 0.183. The Balaban J connectivity index is 3.54. The Kier molecular flexibility index (Phi) is 4.58. The Morgan fingerprint density at radius 3 is 2.82 bits per heavy atom. The van der Waals surface area contributed by atoms with E-state index in [-0.39, 0.29) is 18.8 Å². The molecule has 0 aliphatic rings. The minimum Gasteiger partial charge on any atom is -0.490 e. The van der Waals surface area contributed by atoms with E-state index in [4.69, 9.17) is 5.26 Å². The first kappa shape index (κ1) is 9.50. The summed E-state index contributed by atoms with van der Waals surface area (Å²) in [6, 6.07) is 1.83. The molecule has 0 radical (unpaired) electrons. The third-order valence-electron chi connectivity index (χ3n) is 0.921. The van der Waals surface area contributed by atoms with Gasteiger partial charge in [0.05, 0.1) is 19.6 Å². The number of rotatable bonds is 4. The van der Waals surface area contributed by atoms with Crippen molar-refractivity contribution in [2.45, 2.75) is 6.42 Å². The molecule has 11 heavy (non-hydrogen) atoms. The average Bonchev–Trinajstić information content (AvgIpc) is 2.03. The normalized spacial score (nSPS) is 8.00. The number of carbonyl (C=O) groups excluding carboxylic acids is 1. The highest BCUT2D eigenvalue weighted by Crippen LogP contribution is 1.94. The molecule has 0 fully saturated rings. The molecule has 0 unspecified atom stereocenters. The summed E-state index contributed by atoms with van der Waals surface area (Å²) in [5, 5.41) is 8.08. The third kappa shape index (κ3) is 3.98. The van der Waals surface area contributed by atoms with Gasteiger partial charge in [-0.15, -0.1) is 0 Å². The standard InChI is InChI=1S/C7H9NO3/c1-6(10-2)7(9)11-5-3-4-8/h1,3,5H2,2H3. The molecule has 0 bridgehead atoms. The number of esters is 1. The fraction of sp³-hybridized carbons (Fsp3) is 0.429. The van der Waals surface area contributed by atoms with Crippen molar-refractivity contribution in [3.8, 4) is 6.07 Å². The quantitative estimate of drug-likeness (QED) is 0.258. The largest absolute Gasteiger partial charge is 0.490 e. The Morgan fingerprint density at radius 2 is 2.36 bits per heavy atom. The van der Waals surface area contributed by atoms with Crippen LogP contribution in [-0.2, 0) is 14.3 Å². The monoisotopic (exact) mass is 155 g/mol. The van der Waals surface area contributed by atoms with Crippen molar-refractivity contribution >= 4 is 5.97 Å². The van der Waals surface area contributed by atoms with Crippen molar-refractivity contribution in [3.63, 3.8) is 0 Å². The molecule has 0 rings (SSSR count). The smallest absolute Gasteiger partial charge is 0.372 e. The molecule has 0 amide bonds. The van der Waals surface area contributed by atoms with Crippen LogP contribution in [0.2, 0.25) is 0 Å². The first-order valence-corrected chi connectivity index (χ1v) is 2.99. The fourth-order valence-corrected chi connectivity index (χ4v) is 0.353. The maximum Gasteiger partial charge on any atom is 0.372 e. The van der Waals surface area contributed by atoms with Crippen LogP contribution in [-0.4, -0.2) is 19.7 Å². The Labute approximate surface area is 65.0 Å². The molecule has 0 aromatic rings. The van der Waals surface area contributed by atoms with Gasteiger partial charge in [0.2, 0.25) is 0 Å². The average molecular weight is 155 g/mol. The number of carbonyl (C=O) groups is 1. The lowest BCUT2D eigenvalue weighted by molar-refractivity contribution is -0.142. The van der Waals surface area contributed by atoms with E-state index in [0.717, 1.165) is 0 Å². The van der Waals surface area contributed by atoms with E-state index in [1.807, 2.05) is 6.07 Å². The van der Waals surface area contributed by atoms with Crippen molar-refractivity contribution in [1.29, 1.82) is 5.26 Å². The van der Waals surface area contributed by atoms with Gasteiger partial charge in [-0.25, -0.2) is 4.79 Å². The maximum absolute atomic E-state index is 10.7. The summed E-state index contributed by atoms with van der Waals surface area (Å²) in [5.41, 5.74) is 0. The van der Waals surface area contributed by atoms with Crippen LogP contribution >= 0.6 is 0 Å². The van der Waals surface area contributed by atoms with Gasteiger partial charge in [0.15, 0.2) is 5.76 Å². The minimum atomic E-state index is -0.622. The summed E-state index contributed by atoms with van der Waals surface area (Å²) in [5.74, 6) is -0.675. The second-order valence-electron chi connectivity index (χ2n) is 1.67. The van der Waals surface area contributed by atoms with E-state index < -0.39 is 5.97 Å². The molecule has 0 aliphatic heterocycles. The molecular weight excluding hydrogens is 146 g/mol. The van der Waals surface area contributed by atoms with E-state index in [9.17, 15) is 4.79 Å². The first-order valence-electron chi connectivity index (χ1n) is 2.99. The second-order valence-corrected chi connectivity index (χ2v) is 1.67. The summed E-state index contributed by atoms with van der Waals surface area (Å²) >= 11 is 0. The summed E-state index contributed by atoms with van der Waals surface area (Å²) < 4.78 is 9.04. The van der Waals surface area contributed by atoms with Gasteiger partial charge < -0.3 is 9.47 Å². The van der Waals surface area contributed by atoms with Gasteiger partial charge in [-0.3, -0.25) is 0 Å². The van der Waals surface area contributed by atoms with Crippen molar-refractivity contribution in [3.05, 3.63) is 12.3 Å². The van der Waals surface area contributed by atoms with Crippen LogP contribution in [0.3, 0.4) is 0 Å². The zero-order valence-corrected chi connectivity index (χ0v) is 6.29. The molecule has 0 heterocycles. The van der Waals surface area contributed by atoms with Crippen LogP contribution in [0.5, 0.6) is 0 Å². The van der Waals surface area contributed by atoms with Gasteiger partial charge in [0, 0.05) is 0 Å². The maximum atomic E-state index is 10.7. The molecule has 4 heteroatoms.